The zero-order chi connectivity index (χ0) is 23.6. The second kappa shape index (κ2) is 9.13. The van der Waals surface area contributed by atoms with Crippen molar-refractivity contribution in [2.75, 3.05) is 6.54 Å². The van der Waals surface area contributed by atoms with Crippen LogP contribution in [0.5, 0.6) is 0 Å². The van der Waals surface area contributed by atoms with Gasteiger partial charge in [-0.3, -0.25) is 4.79 Å². The van der Waals surface area contributed by atoms with Crippen molar-refractivity contribution in [3.63, 3.8) is 0 Å². The van der Waals surface area contributed by atoms with Crippen LogP contribution in [0, 0.1) is 20.8 Å². The molecule has 0 fully saturated rings. The third-order valence-corrected chi connectivity index (χ3v) is 5.52. The van der Waals surface area contributed by atoms with E-state index in [1.165, 1.54) is 0 Å². The summed E-state index contributed by atoms with van der Waals surface area (Å²) in [6.07, 6.45) is 0.0649. The number of hydrogen-bond donors (Lipinski definition) is 4. The van der Waals surface area contributed by atoms with E-state index in [0.717, 1.165) is 16.7 Å². The van der Waals surface area contributed by atoms with Crippen LogP contribution < -0.4 is 22.0 Å². The molecule has 0 aliphatic heterocycles. The molecule has 2 heterocycles. The van der Waals surface area contributed by atoms with Crippen molar-refractivity contribution in [1.82, 2.24) is 10.6 Å². The van der Waals surface area contributed by atoms with Gasteiger partial charge in [-0.05, 0) is 50.8 Å². The Balaban J connectivity index is 1.82. The molecule has 5 N–H and O–H groups in total. The average Bonchev–Trinajstić information content (AvgIpc) is 2.99. The molecule has 170 valence electrons. The highest BCUT2D eigenvalue weighted by Gasteiger charge is 2.22. The first-order valence-electron chi connectivity index (χ1n) is 10.1. The number of fused-ring (bicyclic) bond motifs is 2. The Morgan fingerprint density at radius 1 is 1.06 bits per heavy atom. The molecule has 0 radical (unpaired) electrons. The summed E-state index contributed by atoms with van der Waals surface area (Å²) < 4.78 is 11.1. The van der Waals surface area contributed by atoms with Gasteiger partial charge >= 0.3 is 17.6 Å². The maximum atomic E-state index is 12.5. The first-order chi connectivity index (χ1) is 15.1. The van der Waals surface area contributed by atoms with Gasteiger partial charge in [-0.15, -0.1) is 0 Å². The van der Waals surface area contributed by atoms with Crippen LogP contribution in [0.4, 0.5) is 4.79 Å². The van der Waals surface area contributed by atoms with E-state index in [9.17, 15) is 24.3 Å². The lowest BCUT2D eigenvalue weighted by molar-refractivity contribution is -0.141. The lowest BCUT2D eigenvalue weighted by atomic mass is 10.0. The van der Waals surface area contributed by atoms with E-state index in [-0.39, 0.29) is 24.9 Å². The SMILES string of the molecule is Cc1oc2cc3oc(=O)c(CC(=O)N[C@@H](CCCNC(N)=O)C(=O)O)c(C)c3cc2c1C. The highest BCUT2D eigenvalue weighted by Crippen LogP contribution is 2.31. The first kappa shape index (κ1) is 22.9. The normalized spacial score (nSPS) is 12.1. The zero-order valence-corrected chi connectivity index (χ0v) is 18.0. The van der Waals surface area contributed by atoms with Crippen LogP contribution in [0.15, 0.2) is 25.8 Å². The number of carboxylic acid groups (broad SMARTS) is 1. The van der Waals surface area contributed by atoms with E-state index in [1.807, 2.05) is 19.9 Å². The van der Waals surface area contributed by atoms with Crippen molar-refractivity contribution in [1.29, 1.82) is 0 Å². The summed E-state index contributed by atoms with van der Waals surface area (Å²) in [7, 11) is 0. The number of nitrogens with one attached hydrogen (secondary N) is 2. The maximum Gasteiger partial charge on any atom is 0.340 e. The van der Waals surface area contributed by atoms with E-state index in [1.54, 1.807) is 13.0 Å². The molecule has 0 aliphatic carbocycles. The predicted octanol–water partition coefficient (Wildman–Crippen LogP) is 2.02. The number of carbonyl (C=O) groups is 3. The molecule has 2 aromatic heterocycles. The molecule has 10 nitrogen and oxygen atoms in total. The summed E-state index contributed by atoms with van der Waals surface area (Å²) in [6, 6.07) is 1.64. The molecule has 0 saturated carbocycles. The number of carboxylic acids is 1. The molecule has 0 saturated heterocycles. The number of aryl methyl sites for hydroxylation is 3. The Morgan fingerprint density at radius 2 is 1.72 bits per heavy atom. The van der Waals surface area contributed by atoms with Crippen LogP contribution in [0.1, 0.15) is 35.3 Å². The summed E-state index contributed by atoms with van der Waals surface area (Å²) in [5.41, 5.74) is 6.98. The third-order valence-electron chi connectivity index (χ3n) is 5.52. The predicted molar refractivity (Wildman–Crippen MR) is 117 cm³/mol. The van der Waals surface area contributed by atoms with Gasteiger partial charge in [0.25, 0.3) is 0 Å². The topological polar surface area (TPSA) is 165 Å². The van der Waals surface area contributed by atoms with E-state index in [4.69, 9.17) is 14.6 Å². The lowest BCUT2D eigenvalue weighted by Crippen LogP contribution is -2.42. The molecular weight excluding hydrogens is 418 g/mol. The molecule has 0 spiro atoms. The largest absolute Gasteiger partial charge is 0.480 e. The van der Waals surface area contributed by atoms with Crippen molar-refractivity contribution in [3.05, 3.63) is 45.0 Å². The molecule has 0 aliphatic rings. The number of furan rings is 1. The highest BCUT2D eigenvalue weighted by molar-refractivity contribution is 5.97. The number of nitrogens with two attached hydrogens (primary N) is 1. The van der Waals surface area contributed by atoms with E-state index >= 15 is 0 Å². The van der Waals surface area contributed by atoms with Crippen molar-refractivity contribution in [2.24, 2.45) is 5.73 Å². The quantitative estimate of drug-likeness (QED) is 0.305. The second-order valence-electron chi connectivity index (χ2n) is 7.69. The Bertz CT molecular complexity index is 1270. The van der Waals surface area contributed by atoms with E-state index in [0.29, 0.717) is 28.5 Å². The molecule has 1 aromatic carbocycles. The lowest BCUT2D eigenvalue weighted by Gasteiger charge is -2.15. The number of aliphatic carboxylic acids is 1. The van der Waals surface area contributed by atoms with E-state index in [2.05, 4.69) is 10.6 Å². The van der Waals surface area contributed by atoms with Gasteiger partial charge in [0.2, 0.25) is 5.91 Å². The Morgan fingerprint density at radius 3 is 2.38 bits per heavy atom. The minimum atomic E-state index is -1.21. The zero-order valence-electron chi connectivity index (χ0n) is 18.0. The summed E-state index contributed by atoms with van der Waals surface area (Å²) in [5.74, 6) is -1.07. The van der Waals surface area contributed by atoms with Crippen LogP contribution in [-0.2, 0) is 16.0 Å². The smallest absolute Gasteiger partial charge is 0.340 e. The highest BCUT2D eigenvalue weighted by atomic mass is 16.4. The molecule has 0 bridgehead atoms. The second-order valence-corrected chi connectivity index (χ2v) is 7.69. The standard InChI is InChI=1S/C22H25N3O7/c1-10-12(3)31-17-9-18-14(7-13(10)17)11(2)15(21(29)32-18)8-19(26)25-16(20(27)28)5-4-6-24-22(23)30/h7,9,16H,4-6,8H2,1-3H3,(H,25,26)(H,27,28)(H3,23,24,30)/t16-/m0/s1. The Kier molecular flexibility index (Phi) is 6.52. The van der Waals surface area contributed by atoms with Crippen LogP contribution in [-0.4, -0.2) is 35.6 Å². The van der Waals surface area contributed by atoms with Crippen LogP contribution in [0.25, 0.3) is 21.9 Å². The minimum Gasteiger partial charge on any atom is -0.480 e. The van der Waals surface area contributed by atoms with Crippen molar-refractivity contribution in [2.45, 2.75) is 46.1 Å². The van der Waals surface area contributed by atoms with Gasteiger partial charge in [0, 0.05) is 23.4 Å². The van der Waals surface area contributed by atoms with Gasteiger partial charge in [0.1, 0.15) is 23.0 Å². The van der Waals surface area contributed by atoms with Gasteiger partial charge in [0.15, 0.2) is 0 Å². The number of amides is 3. The fourth-order valence-corrected chi connectivity index (χ4v) is 3.61. The van der Waals surface area contributed by atoms with Gasteiger partial charge in [-0.2, -0.15) is 0 Å². The number of hydrogen-bond acceptors (Lipinski definition) is 6. The number of benzene rings is 1. The molecule has 3 amide bonds. The summed E-state index contributed by atoms with van der Waals surface area (Å²) >= 11 is 0. The van der Waals surface area contributed by atoms with Gasteiger partial charge in [-0.25, -0.2) is 14.4 Å². The van der Waals surface area contributed by atoms with Gasteiger partial charge < -0.3 is 30.3 Å². The van der Waals surface area contributed by atoms with Crippen LogP contribution >= 0.6 is 0 Å². The fraction of sp³-hybridized carbons (Fsp3) is 0.364. The number of rotatable bonds is 8. The fourth-order valence-electron chi connectivity index (χ4n) is 3.61. The third kappa shape index (κ3) is 4.74. The number of carbonyl (C=O) groups excluding carboxylic acids is 2. The minimum absolute atomic E-state index is 0.0871. The van der Waals surface area contributed by atoms with Crippen molar-refractivity contribution < 1.29 is 28.3 Å². The molecule has 3 rings (SSSR count). The Labute approximate surface area is 182 Å². The molecule has 10 heteroatoms. The van der Waals surface area contributed by atoms with E-state index < -0.39 is 29.6 Å². The summed E-state index contributed by atoms with van der Waals surface area (Å²) in [4.78, 5) is 47.2. The maximum absolute atomic E-state index is 12.5. The molecule has 1 atom stereocenters. The van der Waals surface area contributed by atoms with Crippen molar-refractivity contribution >= 4 is 39.8 Å². The number of urea groups is 1. The van der Waals surface area contributed by atoms with Crippen molar-refractivity contribution in [3.8, 4) is 0 Å². The molecule has 0 unspecified atom stereocenters. The van der Waals surface area contributed by atoms with Crippen LogP contribution in [0.2, 0.25) is 0 Å². The number of primary amides is 1. The molecule has 32 heavy (non-hydrogen) atoms. The van der Waals surface area contributed by atoms with Gasteiger partial charge in [0.05, 0.1) is 12.0 Å². The average molecular weight is 443 g/mol. The first-order valence-corrected chi connectivity index (χ1v) is 10.1. The molecular formula is C22H25N3O7. The van der Waals surface area contributed by atoms with Gasteiger partial charge in [-0.1, -0.05) is 0 Å². The molecule has 3 aromatic rings. The Hall–Kier alpha value is -3.82. The van der Waals surface area contributed by atoms with Crippen LogP contribution in [0.3, 0.4) is 0 Å². The monoisotopic (exact) mass is 443 g/mol. The summed E-state index contributed by atoms with van der Waals surface area (Å²) in [6.45, 7) is 5.69. The summed E-state index contributed by atoms with van der Waals surface area (Å²) in [5, 5.41) is 15.7.